The van der Waals surface area contributed by atoms with Crippen LogP contribution in [-0.2, 0) is 10.3 Å². The topological polar surface area (TPSA) is 109 Å². The zero-order chi connectivity index (χ0) is 13.3. The lowest BCUT2D eigenvalue weighted by molar-refractivity contribution is 0.166. The fraction of sp³-hybridized carbons (Fsp3) is 0.455. The summed E-state index contributed by atoms with van der Waals surface area (Å²) in [5.41, 5.74) is 5.94. The number of nitrogens with zero attached hydrogens (tertiary/aromatic N) is 4. The van der Waals surface area contributed by atoms with Gasteiger partial charge in [0.1, 0.15) is 11.2 Å². The summed E-state index contributed by atoms with van der Waals surface area (Å²) in [7, 11) is 1.52. The summed E-state index contributed by atoms with van der Waals surface area (Å²) >= 11 is 0. The Bertz CT molecular complexity index is 562. The van der Waals surface area contributed by atoms with Gasteiger partial charge in [0.2, 0.25) is 17.6 Å². The second-order valence-electron chi connectivity index (χ2n) is 4.34. The number of hydrogen-bond donors (Lipinski definition) is 1. The van der Waals surface area contributed by atoms with Gasteiger partial charge in [0, 0.05) is 12.7 Å². The molecule has 2 aromatic heterocycles. The molecule has 1 saturated heterocycles. The minimum absolute atomic E-state index is 0.349. The molecule has 0 aromatic carbocycles. The van der Waals surface area contributed by atoms with E-state index in [4.69, 9.17) is 19.7 Å². The van der Waals surface area contributed by atoms with Crippen molar-refractivity contribution in [2.24, 2.45) is 5.73 Å². The third kappa shape index (κ3) is 2.15. The van der Waals surface area contributed by atoms with Crippen molar-refractivity contribution in [1.82, 2.24) is 20.3 Å². The number of methoxy groups -OCH3 is 1. The summed E-state index contributed by atoms with van der Waals surface area (Å²) < 4.78 is 15.4. The minimum Gasteiger partial charge on any atom is -0.480 e. The molecule has 1 aliphatic rings. The highest BCUT2D eigenvalue weighted by Crippen LogP contribution is 2.27. The molecule has 1 fully saturated rings. The Morgan fingerprint density at radius 2 is 2.26 bits per heavy atom. The van der Waals surface area contributed by atoms with Gasteiger partial charge in [-0.3, -0.25) is 0 Å². The molecule has 0 amide bonds. The van der Waals surface area contributed by atoms with Crippen LogP contribution in [0.4, 0.5) is 0 Å². The fourth-order valence-corrected chi connectivity index (χ4v) is 1.83. The van der Waals surface area contributed by atoms with E-state index in [0.29, 0.717) is 42.9 Å². The van der Waals surface area contributed by atoms with E-state index in [0.717, 1.165) is 0 Å². The third-order valence-corrected chi connectivity index (χ3v) is 2.98. The average molecular weight is 263 g/mol. The average Bonchev–Trinajstić information content (AvgIpc) is 3.08. The van der Waals surface area contributed by atoms with Crippen molar-refractivity contribution < 1.29 is 14.0 Å². The molecule has 19 heavy (non-hydrogen) atoms. The molecule has 3 rings (SSSR count). The van der Waals surface area contributed by atoms with Crippen LogP contribution in [0.5, 0.6) is 5.88 Å². The van der Waals surface area contributed by atoms with Crippen LogP contribution in [0.3, 0.4) is 0 Å². The summed E-state index contributed by atoms with van der Waals surface area (Å²) in [4.78, 5) is 4.26. The highest BCUT2D eigenvalue weighted by Gasteiger charge is 2.38. The summed E-state index contributed by atoms with van der Waals surface area (Å²) in [6.45, 7) is 0.972. The van der Waals surface area contributed by atoms with Gasteiger partial charge >= 0.3 is 0 Å². The van der Waals surface area contributed by atoms with E-state index in [-0.39, 0.29) is 0 Å². The Hall–Kier alpha value is -2.06. The fourth-order valence-electron chi connectivity index (χ4n) is 1.83. The van der Waals surface area contributed by atoms with E-state index in [1.54, 1.807) is 12.1 Å². The number of hydrogen-bond acceptors (Lipinski definition) is 8. The van der Waals surface area contributed by atoms with Gasteiger partial charge in [-0.1, -0.05) is 5.16 Å². The largest absolute Gasteiger partial charge is 0.480 e. The molecule has 0 bridgehead atoms. The molecule has 8 nitrogen and oxygen atoms in total. The Morgan fingerprint density at radius 3 is 2.89 bits per heavy atom. The lowest BCUT2D eigenvalue weighted by atomic mass is 10.0. The standard InChI is InChI=1S/C11H13N5O3/c1-17-8-3-2-7(14-15-8)9-13-10(19-16-9)11(12)4-5-18-6-11/h2-3H,4-6,12H2,1H3. The molecule has 0 spiro atoms. The van der Waals surface area contributed by atoms with Crippen molar-refractivity contribution in [2.45, 2.75) is 12.0 Å². The predicted octanol–water partition coefficient (Wildman–Crippen LogP) is 0.109. The summed E-state index contributed by atoms with van der Waals surface area (Å²) in [6.07, 6.45) is 0.656. The summed E-state index contributed by atoms with van der Waals surface area (Å²) in [5.74, 6) is 1.13. The molecular weight excluding hydrogens is 250 g/mol. The van der Waals surface area contributed by atoms with Crippen molar-refractivity contribution in [1.29, 1.82) is 0 Å². The van der Waals surface area contributed by atoms with Crippen LogP contribution >= 0.6 is 0 Å². The molecule has 1 atom stereocenters. The Morgan fingerprint density at radius 1 is 1.37 bits per heavy atom. The number of ether oxygens (including phenoxy) is 2. The van der Waals surface area contributed by atoms with Gasteiger partial charge in [-0.15, -0.1) is 10.2 Å². The quantitative estimate of drug-likeness (QED) is 0.830. The summed E-state index contributed by atoms with van der Waals surface area (Å²) in [5, 5.41) is 11.7. The zero-order valence-electron chi connectivity index (χ0n) is 10.4. The maximum absolute atomic E-state index is 6.14. The van der Waals surface area contributed by atoms with Crippen molar-refractivity contribution >= 4 is 0 Å². The smallest absolute Gasteiger partial charge is 0.249 e. The molecule has 1 unspecified atom stereocenters. The van der Waals surface area contributed by atoms with Crippen LogP contribution in [0.1, 0.15) is 12.3 Å². The maximum Gasteiger partial charge on any atom is 0.249 e. The molecule has 2 aromatic rings. The molecule has 2 N–H and O–H groups in total. The molecule has 3 heterocycles. The highest BCUT2D eigenvalue weighted by atomic mass is 16.5. The Labute approximate surface area is 108 Å². The van der Waals surface area contributed by atoms with E-state index < -0.39 is 5.54 Å². The Balaban J connectivity index is 1.87. The van der Waals surface area contributed by atoms with Crippen LogP contribution in [0, 0.1) is 0 Å². The second-order valence-corrected chi connectivity index (χ2v) is 4.34. The lowest BCUT2D eigenvalue weighted by Crippen LogP contribution is -2.37. The van der Waals surface area contributed by atoms with E-state index >= 15 is 0 Å². The van der Waals surface area contributed by atoms with Gasteiger partial charge in [-0.2, -0.15) is 4.98 Å². The molecule has 0 radical (unpaired) electrons. The highest BCUT2D eigenvalue weighted by molar-refractivity contribution is 5.47. The maximum atomic E-state index is 6.14. The van der Waals surface area contributed by atoms with E-state index in [1.807, 2.05) is 0 Å². The third-order valence-electron chi connectivity index (χ3n) is 2.98. The van der Waals surface area contributed by atoms with Crippen molar-refractivity contribution in [2.75, 3.05) is 20.3 Å². The monoisotopic (exact) mass is 263 g/mol. The van der Waals surface area contributed by atoms with Crippen LogP contribution in [-0.4, -0.2) is 40.7 Å². The first kappa shape index (κ1) is 12.0. The van der Waals surface area contributed by atoms with Gasteiger partial charge in [0.15, 0.2) is 0 Å². The van der Waals surface area contributed by atoms with Crippen LogP contribution < -0.4 is 10.5 Å². The van der Waals surface area contributed by atoms with Crippen LogP contribution in [0.15, 0.2) is 16.7 Å². The van der Waals surface area contributed by atoms with Crippen LogP contribution in [0.25, 0.3) is 11.5 Å². The van der Waals surface area contributed by atoms with Gasteiger partial charge < -0.3 is 19.7 Å². The predicted molar refractivity (Wildman–Crippen MR) is 63.2 cm³/mol. The number of aromatic nitrogens is 4. The molecule has 0 saturated carbocycles. The SMILES string of the molecule is COc1ccc(-c2noc(C3(N)CCOC3)n2)nn1. The molecule has 100 valence electrons. The van der Waals surface area contributed by atoms with Crippen LogP contribution in [0.2, 0.25) is 0 Å². The minimum atomic E-state index is -0.703. The van der Waals surface area contributed by atoms with Gasteiger partial charge in [0.05, 0.1) is 13.7 Å². The molecular formula is C11H13N5O3. The molecule has 8 heteroatoms. The first-order valence-electron chi connectivity index (χ1n) is 5.80. The van der Waals surface area contributed by atoms with Crippen molar-refractivity contribution in [3.05, 3.63) is 18.0 Å². The second kappa shape index (κ2) is 4.56. The van der Waals surface area contributed by atoms with Gasteiger partial charge in [0.25, 0.3) is 0 Å². The van der Waals surface area contributed by atoms with Gasteiger partial charge in [-0.05, 0) is 12.5 Å². The number of rotatable bonds is 3. The first-order chi connectivity index (χ1) is 9.21. The number of nitrogens with two attached hydrogens (primary N) is 1. The van der Waals surface area contributed by atoms with E-state index in [2.05, 4.69) is 20.3 Å². The van der Waals surface area contributed by atoms with Gasteiger partial charge in [-0.25, -0.2) is 0 Å². The van der Waals surface area contributed by atoms with Crippen molar-refractivity contribution in [3.8, 4) is 17.4 Å². The first-order valence-corrected chi connectivity index (χ1v) is 5.80. The zero-order valence-corrected chi connectivity index (χ0v) is 10.4. The van der Waals surface area contributed by atoms with E-state index in [1.165, 1.54) is 7.11 Å². The Kier molecular flexibility index (Phi) is 2.88. The van der Waals surface area contributed by atoms with Crippen molar-refractivity contribution in [3.63, 3.8) is 0 Å². The lowest BCUT2D eigenvalue weighted by Gasteiger charge is -2.14. The molecule has 1 aliphatic heterocycles. The molecule has 0 aliphatic carbocycles. The summed E-state index contributed by atoms with van der Waals surface area (Å²) in [6, 6.07) is 3.38. The van der Waals surface area contributed by atoms with E-state index in [9.17, 15) is 0 Å². The normalized spacial score (nSPS) is 22.6.